The van der Waals surface area contributed by atoms with Gasteiger partial charge in [-0.25, -0.2) is 4.39 Å². The molecule has 0 rings (SSSR count). The molecule has 0 amide bonds. The Bertz CT molecular complexity index is 432. The van der Waals surface area contributed by atoms with Gasteiger partial charge in [-0.05, 0) is 0 Å². The first-order chi connectivity index (χ1) is 10.1. The Morgan fingerprint density at radius 3 is 1.29 bits per heavy atom. The zero-order valence-electron chi connectivity index (χ0n) is 10.4. The highest BCUT2D eigenvalue weighted by molar-refractivity contribution is 4.93. The van der Waals surface area contributed by atoms with Crippen LogP contribution < -0.4 is 0 Å². The van der Waals surface area contributed by atoms with E-state index < -0.39 is 49.0 Å². The number of alkyl halides is 15. The van der Waals surface area contributed by atoms with Gasteiger partial charge in [-0.3, -0.25) is 0 Å². The summed E-state index contributed by atoms with van der Waals surface area (Å²) in [5.41, 5.74) is 0. The lowest BCUT2D eigenvalue weighted by atomic mass is 10.1. The molecule has 0 aliphatic carbocycles. The number of rotatable bonds is 6. The van der Waals surface area contributed by atoms with E-state index in [2.05, 4.69) is 4.74 Å². The summed E-state index contributed by atoms with van der Waals surface area (Å²) in [5, 5.41) is 0. The topological polar surface area (TPSA) is 9.23 Å². The van der Waals surface area contributed by atoms with E-state index in [1.807, 2.05) is 0 Å². The lowest BCUT2D eigenvalue weighted by Crippen LogP contribution is -2.58. The molecule has 0 aliphatic rings. The molecule has 1 atom stereocenters. The van der Waals surface area contributed by atoms with Crippen molar-refractivity contribution in [2.75, 3.05) is 6.61 Å². The first kappa shape index (κ1) is 22.9. The monoisotopic (exact) mass is 400 g/mol. The van der Waals surface area contributed by atoms with Gasteiger partial charge >= 0.3 is 36.2 Å². The smallest absolute Gasteiger partial charge is 0.311 e. The standard InChI is InChI=1S/C8H3F15O/c9-2(4(12,13)7(18,19)20)5(14,15)24-1-3(10,11)6(16,17)8(21,22)23/h2H,1H2. The molecule has 1 unspecified atom stereocenters. The fourth-order valence-electron chi connectivity index (χ4n) is 0.913. The zero-order valence-corrected chi connectivity index (χ0v) is 10.4. The van der Waals surface area contributed by atoms with Gasteiger partial charge < -0.3 is 4.74 Å². The Kier molecular flexibility index (Phi) is 5.74. The molecule has 0 aliphatic heterocycles. The number of hydrogen-bond donors (Lipinski definition) is 0. The predicted molar refractivity (Wildman–Crippen MR) is 42.7 cm³/mol. The van der Waals surface area contributed by atoms with E-state index in [1.165, 1.54) is 0 Å². The largest absolute Gasteiger partial charge is 0.459 e. The second kappa shape index (κ2) is 6.01. The van der Waals surface area contributed by atoms with E-state index in [1.54, 1.807) is 0 Å². The summed E-state index contributed by atoms with van der Waals surface area (Å²) in [6, 6.07) is 0. The molecule has 146 valence electrons. The molecule has 0 saturated heterocycles. The van der Waals surface area contributed by atoms with Crippen LogP contribution in [-0.2, 0) is 4.74 Å². The van der Waals surface area contributed by atoms with E-state index in [-0.39, 0.29) is 0 Å². The van der Waals surface area contributed by atoms with Crippen molar-refractivity contribution >= 4 is 0 Å². The highest BCUT2D eigenvalue weighted by Gasteiger charge is 2.75. The van der Waals surface area contributed by atoms with Gasteiger partial charge in [0.25, 0.3) is 6.17 Å². The highest BCUT2D eigenvalue weighted by Crippen LogP contribution is 2.49. The van der Waals surface area contributed by atoms with Crippen LogP contribution in [0.1, 0.15) is 0 Å². The minimum absolute atomic E-state index is 2.20. The van der Waals surface area contributed by atoms with Gasteiger partial charge in [-0.1, -0.05) is 0 Å². The SMILES string of the molecule is FC(C(F)(F)OCC(F)(F)C(F)(F)C(F)(F)F)C(F)(F)C(F)(F)F. The molecule has 0 aromatic heterocycles. The summed E-state index contributed by atoms with van der Waals surface area (Å²) in [6.07, 6.45) is -26.1. The van der Waals surface area contributed by atoms with Gasteiger partial charge in [0.2, 0.25) is 0 Å². The molecule has 1 nitrogen and oxygen atoms in total. The molecule has 0 heterocycles. The normalized spacial score (nSPS) is 17.1. The summed E-state index contributed by atoms with van der Waals surface area (Å²) in [7, 11) is 0. The quantitative estimate of drug-likeness (QED) is 0.573. The van der Waals surface area contributed by atoms with E-state index in [9.17, 15) is 65.9 Å². The molecule has 0 bridgehead atoms. The Morgan fingerprint density at radius 2 is 1.00 bits per heavy atom. The van der Waals surface area contributed by atoms with Crippen LogP contribution in [0.25, 0.3) is 0 Å². The number of halogens is 15. The molecule has 0 fully saturated rings. The summed E-state index contributed by atoms with van der Waals surface area (Å²) < 4.78 is 184. The maximum absolute atomic E-state index is 12.6. The van der Waals surface area contributed by atoms with Crippen molar-refractivity contribution in [2.24, 2.45) is 0 Å². The van der Waals surface area contributed by atoms with Crippen molar-refractivity contribution in [1.29, 1.82) is 0 Å². The predicted octanol–water partition coefficient (Wildman–Crippen LogP) is 4.96. The van der Waals surface area contributed by atoms with Gasteiger partial charge in [0.1, 0.15) is 6.61 Å². The third kappa shape index (κ3) is 4.11. The second-order valence-corrected chi connectivity index (χ2v) is 4.11. The van der Waals surface area contributed by atoms with Crippen LogP contribution in [0.5, 0.6) is 0 Å². The van der Waals surface area contributed by atoms with E-state index in [0.29, 0.717) is 0 Å². The summed E-state index contributed by atoms with van der Waals surface area (Å²) in [5.74, 6) is -20.4. The Hall–Kier alpha value is -1.09. The average molecular weight is 400 g/mol. The Morgan fingerprint density at radius 1 is 0.625 bits per heavy atom. The minimum Gasteiger partial charge on any atom is -0.311 e. The Balaban J connectivity index is 5.34. The van der Waals surface area contributed by atoms with Crippen molar-refractivity contribution in [3.8, 4) is 0 Å². The van der Waals surface area contributed by atoms with E-state index in [0.717, 1.165) is 0 Å². The van der Waals surface area contributed by atoms with Crippen molar-refractivity contribution in [1.82, 2.24) is 0 Å². The van der Waals surface area contributed by atoms with Crippen LogP contribution in [0.15, 0.2) is 0 Å². The summed E-state index contributed by atoms with van der Waals surface area (Å²) in [4.78, 5) is 0. The molecular formula is C8H3F15O. The fourth-order valence-corrected chi connectivity index (χ4v) is 0.913. The van der Waals surface area contributed by atoms with Gasteiger partial charge in [-0.2, -0.15) is 61.5 Å². The zero-order chi connectivity index (χ0) is 20.0. The fraction of sp³-hybridized carbons (Fsp3) is 1.00. The molecular weight excluding hydrogens is 397 g/mol. The third-order valence-electron chi connectivity index (χ3n) is 2.25. The van der Waals surface area contributed by atoms with Gasteiger partial charge in [0.05, 0.1) is 0 Å². The van der Waals surface area contributed by atoms with Crippen molar-refractivity contribution < 1.29 is 70.6 Å². The van der Waals surface area contributed by atoms with Crippen LogP contribution in [0.2, 0.25) is 0 Å². The van der Waals surface area contributed by atoms with Crippen LogP contribution in [0.3, 0.4) is 0 Å². The molecule has 0 aromatic rings. The van der Waals surface area contributed by atoms with Crippen LogP contribution in [-0.4, -0.2) is 49.0 Å². The van der Waals surface area contributed by atoms with Gasteiger partial charge in [0.15, 0.2) is 0 Å². The van der Waals surface area contributed by atoms with E-state index in [4.69, 9.17) is 0 Å². The third-order valence-corrected chi connectivity index (χ3v) is 2.25. The molecule has 0 aromatic carbocycles. The molecule has 0 radical (unpaired) electrons. The molecule has 0 spiro atoms. The molecule has 24 heavy (non-hydrogen) atoms. The maximum atomic E-state index is 12.6. The van der Waals surface area contributed by atoms with Crippen molar-refractivity contribution in [3.05, 3.63) is 0 Å². The minimum atomic E-state index is -7.02. The lowest BCUT2D eigenvalue weighted by Gasteiger charge is -2.31. The molecule has 0 N–H and O–H groups in total. The molecule has 16 heteroatoms. The van der Waals surface area contributed by atoms with Crippen LogP contribution in [0.4, 0.5) is 65.9 Å². The highest BCUT2D eigenvalue weighted by atomic mass is 19.4. The first-order valence-corrected chi connectivity index (χ1v) is 5.04. The average Bonchev–Trinajstić information content (AvgIpc) is 2.32. The Labute approximate surface area is 121 Å². The van der Waals surface area contributed by atoms with Crippen molar-refractivity contribution in [3.63, 3.8) is 0 Å². The second-order valence-electron chi connectivity index (χ2n) is 4.11. The van der Waals surface area contributed by atoms with Gasteiger partial charge in [-0.15, -0.1) is 0 Å². The van der Waals surface area contributed by atoms with Crippen LogP contribution >= 0.6 is 0 Å². The lowest BCUT2D eigenvalue weighted by molar-refractivity contribution is -0.398. The first-order valence-electron chi connectivity index (χ1n) is 5.04. The number of ether oxygens (including phenoxy) is 1. The summed E-state index contributed by atoms with van der Waals surface area (Å²) >= 11 is 0. The maximum Gasteiger partial charge on any atom is 0.459 e. The summed E-state index contributed by atoms with van der Waals surface area (Å²) in [6.45, 7) is -3.71. The van der Waals surface area contributed by atoms with E-state index >= 15 is 0 Å². The number of hydrogen-bond acceptors (Lipinski definition) is 1. The van der Waals surface area contributed by atoms with Gasteiger partial charge in [0, 0.05) is 0 Å². The molecule has 0 saturated carbocycles. The van der Waals surface area contributed by atoms with Crippen molar-refractivity contribution in [2.45, 2.75) is 42.4 Å². The van der Waals surface area contributed by atoms with Crippen LogP contribution in [0, 0.1) is 0 Å².